The average molecular weight is 412 g/mol. The van der Waals surface area contributed by atoms with Crippen LogP contribution in [0.15, 0.2) is 42.5 Å². The zero-order valence-electron chi connectivity index (χ0n) is 15.9. The van der Waals surface area contributed by atoms with Gasteiger partial charge in [-0.3, -0.25) is 24.6 Å². The number of fused-ring (bicyclic) bond motifs is 1. The highest BCUT2D eigenvalue weighted by Crippen LogP contribution is 2.28. The second-order valence-corrected chi connectivity index (χ2v) is 7.99. The molecule has 1 saturated heterocycles. The summed E-state index contributed by atoms with van der Waals surface area (Å²) in [5.74, 6) is -0.443. The quantitative estimate of drug-likeness (QED) is 0.740. The molecule has 1 unspecified atom stereocenters. The zero-order valence-corrected chi connectivity index (χ0v) is 16.7. The molecular weight excluding hydrogens is 390 g/mol. The fourth-order valence-electron chi connectivity index (χ4n) is 3.89. The van der Waals surface area contributed by atoms with Gasteiger partial charge in [-0.05, 0) is 40.8 Å². The minimum absolute atomic E-state index is 0.0435. The first kappa shape index (κ1) is 19.6. The third-order valence-electron chi connectivity index (χ3n) is 5.44. The van der Waals surface area contributed by atoms with Gasteiger partial charge in [-0.1, -0.05) is 41.9 Å². The predicted octanol–water partition coefficient (Wildman–Crippen LogP) is 2.32. The summed E-state index contributed by atoms with van der Waals surface area (Å²) < 4.78 is 0. The van der Waals surface area contributed by atoms with Crippen LogP contribution >= 0.6 is 11.6 Å². The average Bonchev–Trinajstić information content (AvgIpc) is 3.11. The summed E-state index contributed by atoms with van der Waals surface area (Å²) in [6, 6.07) is 13.1. The number of nitrogens with one attached hydrogen (secondary N) is 2. The van der Waals surface area contributed by atoms with Crippen molar-refractivity contribution in [3.63, 3.8) is 0 Å². The molecule has 7 heteroatoms. The van der Waals surface area contributed by atoms with Crippen molar-refractivity contribution >= 4 is 29.3 Å². The Labute approximate surface area is 174 Å². The highest BCUT2D eigenvalue weighted by molar-refractivity contribution is 6.30. The van der Waals surface area contributed by atoms with Crippen LogP contribution in [0.4, 0.5) is 0 Å². The fraction of sp³-hybridized carbons (Fsp3) is 0.318. The fourth-order valence-corrected chi connectivity index (χ4v) is 4.01. The van der Waals surface area contributed by atoms with E-state index in [0.717, 1.165) is 11.1 Å². The number of carbonyl (C=O) groups excluding carboxylic acids is 3. The van der Waals surface area contributed by atoms with Crippen molar-refractivity contribution in [3.8, 4) is 0 Å². The summed E-state index contributed by atoms with van der Waals surface area (Å²) in [4.78, 5) is 37.8. The van der Waals surface area contributed by atoms with E-state index >= 15 is 0 Å². The van der Waals surface area contributed by atoms with Crippen molar-refractivity contribution in [3.05, 3.63) is 69.7 Å². The number of piperidine rings is 1. The Balaban J connectivity index is 1.33. The molecule has 2 heterocycles. The minimum Gasteiger partial charge on any atom is -0.352 e. The summed E-state index contributed by atoms with van der Waals surface area (Å²) >= 11 is 5.87. The van der Waals surface area contributed by atoms with Gasteiger partial charge in [0.1, 0.15) is 0 Å². The van der Waals surface area contributed by atoms with E-state index in [1.54, 1.807) is 12.1 Å². The summed E-state index contributed by atoms with van der Waals surface area (Å²) in [5, 5.41) is 6.03. The molecule has 0 saturated carbocycles. The first-order chi connectivity index (χ1) is 14.0. The van der Waals surface area contributed by atoms with Crippen LogP contribution in [0.2, 0.25) is 5.02 Å². The van der Waals surface area contributed by atoms with E-state index in [1.807, 2.05) is 18.2 Å². The number of rotatable bonds is 5. The molecule has 1 fully saturated rings. The number of carbonyl (C=O) groups is 3. The van der Waals surface area contributed by atoms with Crippen molar-refractivity contribution in [2.45, 2.75) is 44.9 Å². The first-order valence-corrected chi connectivity index (χ1v) is 10.1. The van der Waals surface area contributed by atoms with Gasteiger partial charge in [-0.15, -0.1) is 0 Å². The van der Waals surface area contributed by atoms with Crippen molar-refractivity contribution in [1.82, 2.24) is 15.5 Å². The van der Waals surface area contributed by atoms with Crippen LogP contribution in [0.25, 0.3) is 0 Å². The van der Waals surface area contributed by atoms with E-state index < -0.39 is 0 Å². The SMILES string of the molecule is O=C(Cc1ccc(Cl)cc1)NCc1ccc2c(c1)CN(C1CCC(=O)NC1=O)C2. The monoisotopic (exact) mass is 411 g/mol. The van der Waals surface area contributed by atoms with Gasteiger partial charge in [0, 0.05) is 31.1 Å². The zero-order chi connectivity index (χ0) is 20.4. The van der Waals surface area contributed by atoms with Gasteiger partial charge in [-0.2, -0.15) is 0 Å². The molecule has 29 heavy (non-hydrogen) atoms. The highest BCUT2D eigenvalue weighted by atomic mass is 35.5. The molecule has 2 aliphatic rings. The smallest absolute Gasteiger partial charge is 0.243 e. The maximum Gasteiger partial charge on any atom is 0.243 e. The maximum atomic E-state index is 12.2. The molecule has 6 nitrogen and oxygen atoms in total. The van der Waals surface area contributed by atoms with Crippen LogP contribution in [0.3, 0.4) is 0 Å². The lowest BCUT2D eigenvalue weighted by atomic mass is 10.0. The Hall–Kier alpha value is -2.70. The van der Waals surface area contributed by atoms with E-state index in [4.69, 9.17) is 11.6 Å². The molecule has 0 aliphatic carbocycles. The largest absolute Gasteiger partial charge is 0.352 e. The van der Waals surface area contributed by atoms with Gasteiger partial charge < -0.3 is 5.32 Å². The third-order valence-corrected chi connectivity index (χ3v) is 5.69. The summed E-state index contributed by atoms with van der Waals surface area (Å²) in [6.45, 7) is 1.83. The first-order valence-electron chi connectivity index (χ1n) is 9.67. The highest BCUT2D eigenvalue weighted by Gasteiger charge is 2.34. The molecule has 1 atom stereocenters. The van der Waals surface area contributed by atoms with Crippen LogP contribution in [0, 0.1) is 0 Å². The van der Waals surface area contributed by atoms with E-state index in [0.29, 0.717) is 43.9 Å². The van der Waals surface area contributed by atoms with Gasteiger partial charge in [-0.25, -0.2) is 0 Å². The number of amides is 3. The Morgan fingerprint density at radius 3 is 2.55 bits per heavy atom. The van der Waals surface area contributed by atoms with E-state index in [-0.39, 0.29) is 23.8 Å². The molecule has 2 aromatic rings. The van der Waals surface area contributed by atoms with Gasteiger partial charge in [0.05, 0.1) is 12.5 Å². The van der Waals surface area contributed by atoms with E-state index in [2.05, 4.69) is 27.7 Å². The molecule has 4 rings (SSSR count). The van der Waals surface area contributed by atoms with Crippen molar-refractivity contribution in [2.24, 2.45) is 0 Å². The molecule has 0 radical (unpaired) electrons. The van der Waals surface area contributed by atoms with Crippen molar-refractivity contribution < 1.29 is 14.4 Å². The third kappa shape index (κ3) is 4.66. The van der Waals surface area contributed by atoms with Crippen LogP contribution in [-0.2, 0) is 40.4 Å². The molecule has 2 aliphatic heterocycles. The number of halogens is 1. The molecule has 0 spiro atoms. The lowest BCUT2D eigenvalue weighted by molar-refractivity contribution is -0.137. The number of nitrogens with zero attached hydrogens (tertiary/aromatic N) is 1. The molecule has 0 aromatic heterocycles. The Morgan fingerprint density at radius 1 is 1.07 bits per heavy atom. The molecule has 3 amide bonds. The summed E-state index contributed by atoms with van der Waals surface area (Å²) in [6.07, 6.45) is 1.26. The second-order valence-electron chi connectivity index (χ2n) is 7.55. The topological polar surface area (TPSA) is 78.5 Å². The van der Waals surface area contributed by atoms with Crippen LogP contribution < -0.4 is 10.6 Å². The van der Waals surface area contributed by atoms with Crippen molar-refractivity contribution in [1.29, 1.82) is 0 Å². The Morgan fingerprint density at radius 2 is 1.79 bits per heavy atom. The number of benzene rings is 2. The maximum absolute atomic E-state index is 12.2. The summed E-state index contributed by atoms with van der Waals surface area (Å²) in [7, 11) is 0. The Bertz CT molecular complexity index is 958. The normalized spacial score (nSPS) is 19.0. The van der Waals surface area contributed by atoms with Crippen LogP contribution in [0.5, 0.6) is 0 Å². The van der Waals surface area contributed by atoms with Gasteiger partial charge >= 0.3 is 0 Å². The lowest BCUT2D eigenvalue weighted by Crippen LogP contribution is -2.50. The predicted molar refractivity (Wildman–Crippen MR) is 109 cm³/mol. The van der Waals surface area contributed by atoms with E-state index in [1.165, 1.54) is 11.1 Å². The van der Waals surface area contributed by atoms with Gasteiger partial charge in [0.2, 0.25) is 17.7 Å². The summed E-state index contributed by atoms with van der Waals surface area (Å²) in [5.41, 5.74) is 4.30. The second kappa shape index (κ2) is 8.35. The number of imide groups is 1. The molecule has 2 N–H and O–H groups in total. The molecule has 150 valence electrons. The standard InChI is InChI=1S/C22H22ClN3O3/c23-18-5-2-14(3-6-18)10-21(28)24-11-15-1-4-16-12-26(13-17(16)9-15)19-7-8-20(27)25-22(19)29/h1-6,9,19H,7-8,10-13H2,(H,24,28)(H,25,27,29). The van der Waals surface area contributed by atoms with Crippen LogP contribution in [-0.4, -0.2) is 28.7 Å². The Kier molecular flexibility index (Phi) is 5.65. The molecule has 0 bridgehead atoms. The number of hydrogen-bond donors (Lipinski definition) is 2. The minimum atomic E-state index is -0.261. The van der Waals surface area contributed by atoms with Gasteiger partial charge in [0.25, 0.3) is 0 Å². The number of hydrogen-bond acceptors (Lipinski definition) is 4. The van der Waals surface area contributed by atoms with E-state index in [9.17, 15) is 14.4 Å². The van der Waals surface area contributed by atoms with Crippen molar-refractivity contribution in [2.75, 3.05) is 0 Å². The van der Waals surface area contributed by atoms with Gasteiger partial charge in [0.15, 0.2) is 0 Å². The lowest BCUT2D eigenvalue weighted by Gasteiger charge is -2.29. The molecular formula is C22H22ClN3O3. The molecule has 2 aromatic carbocycles. The van der Waals surface area contributed by atoms with Crippen LogP contribution in [0.1, 0.15) is 35.1 Å².